The Morgan fingerprint density at radius 1 is 1.37 bits per heavy atom. The van der Waals surface area contributed by atoms with E-state index >= 15 is 0 Å². The quantitative estimate of drug-likeness (QED) is 0.858. The average molecular weight is 257 g/mol. The zero-order valence-corrected chi connectivity index (χ0v) is 10.6. The molecule has 2 rings (SSSR count). The van der Waals surface area contributed by atoms with E-state index in [0.29, 0.717) is 12.2 Å². The van der Waals surface area contributed by atoms with Gasteiger partial charge in [-0.25, -0.2) is 4.79 Å². The Kier molecular flexibility index (Phi) is 4.07. The zero-order chi connectivity index (χ0) is 13.7. The van der Waals surface area contributed by atoms with Gasteiger partial charge in [0.1, 0.15) is 5.56 Å². The van der Waals surface area contributed by atoms with Gasteiger partial charge in [-0.1, -0.05) is 6.07 Å². The van der Waals surface area contributed by atoms with E-state index in [1.165, 1.54) is 6.20 Å². The van der Waals surface area contributed by atoms with E-state index < -0.39 is 5.97 Å². The largest absolute Gasteiger partial charge is 0.478 e. The Morgan fingerprint density at radius 2 is 2.21 bits per heavy atom. The lowest BCUT2D eigenvalue weighted by atomic mass is 10.2. The summed E-state index contributed by atoms with van der Waals surface area (Å²) in [5.41, 5.74) is 2.53. The van der Waals surface area contributed by atoms with Crippen molar-refractivity contribution in [2.75, 3.05) is 11.9 Å². The van der Waals surface area contributed by atoms with E-state index in [4.69, 9.17) is 5.11 Å². The number of hydrogen-bond acceptors (Lipinski definition) is 4. The van der Waals surface area contributed by atoms with Crippen molar-refractivity contribution in [3.8, 4) is 0 Å². The maximum absolute atomic E-state index is 11.1. The van der Waals surface area contributed by atoms with Crippen LogP contribution in [0.3, 0.4) is 0 Å². The summed E-state index contributed by atoms with van der Waals surface area (Å²) < 4.78 is 0. The first-order chi connectivity index (χ1) is 9.16. The van der Waals surface area contributed by atoms with Gasteiger partial charge < -0.3 is 10.4 Å². The SMILES string of the molecule is Cc1cc(NCCc2ccccn2)c(C(=O)O)cn1. The second kappa shape index (κ2) is 5.95. The maximum Gasteiger partial charge on any atom is 0.339 e. The molecule has 0 bridgehead atoms. The Morgan fingerprint density at radius 3 is 2.89 bits per heavy atom. The number of rotatable bonds is 5. The van der Waals surface area contributed by atoms with Crippen molar-refractivity contribution >= 4 is 11.7 Å². The van der Waals surface area contributed by atoms with Crippen LogP contribution >= 0.6 is 0 Å². The Labute approximate surface area is 111 Å². The molecule has 98 valence electrons. The highest BCUT2D eigenvalue weighted by Crippen LogP contribution is 2.15. The number of aromatic carboxylic acids is 1. The zero-order valence-electron chi connectivity index (χ0n) is 10.6. The smallest absolute Gasteiger partial charge is 0.339 e. The Balaban J connectivity index is 2.03. The van der Waals surface area contributed by atoms with E-state index in [0.717, 1.165) is 17.8 Å². The van der Waals surface area contributed by atoms with Crippen molar-refractivity contribution < 1.29 is 9.90 Å². The summed E-state index contributed by atoms with van der Waals surface area (Å²) in [7, 11) is 0. The van der Waals surface area contributed by atoms with E-state index in [2.05, 4.69) is 15.3 Å². The number of hydrogen-bond donors (Lipinski definition) is 2. The standard InChI is InChI=1S/C14H15N3O2/c1-10-8-13(12(9-17-10)14(18)19)16-7-5-11-4-2-3-6-15-11/h2-4,6,8-9H,5,7H2,1H3,(H,16,17)(H,18,19). The molecule has 2 aromatic rings. The summed E-state index contributed by atoms with van der Waals surface area (Å²) in [5, 5.41) is 12.2. The molecule has 0 saturated heterocycles. The van der Waals surface area contributed by atoms with Crippen LogP contribution in [0.1, 0.15) is 21.7 Å². The number of anilines is 1. The average Bonchev–Trinajstić information content (AvgIpc) is 2.39. The highest BCUT2D eigenvalue weighted by atomic mass is 16.4. The first-order valence-electron chi connectivity index (χ1n) is 6.00. The highest BCUT2D eigenvalue weighted by Gasteiger charge is 2.10. The first-order valence-corrected chi connectivity index (χ1v) is 6.00. The minimum atomic E-state index is -0.979. The number of carboxylic acid groups (broad SMARTS) is 1. The number of nitrogens with zero attached hydrogens (tertiary/aromatic N) is 2. The van der Waals surface area contributed by atoms with E-state index in [-0.39, 0.29) is 5.56 Å². The molecular formula is C14H15N3O2. The predicted molar refractivity (Wildman–Crippen MR) is 72.4 cm³/mol. The summed E-state index contributed by atoms with van der Waals surface area (Å²) in [6.45, 7) is 2.45. The maximum atomic E-state index is 11.1. The molecule has 0 unspecified atom stereocenters. The van der Waals surface area contributed by atoms with Gasteiger partial charge in [-0.2, -0.15) is 0 Å². The fourth-order valence-electron chi connectivity index (χ4n) is 1.75. The molecule has 0 fully saturated rings. The summed E-state index contributed by atoms with van der Waals surface area (Å²) >= 11 is 0. The number of carboxylic acids is 1. The molecule has 0 radical (unpaired) electrons. The van der Waals surface area contributed by atoms with Crippen LogP contribution in [0.15, 0.2) is 36.7 Å². The van der Waals surface area contributed by atoms with Gasteiger partial charge in [0.05, 0.1) is 5.69 Å². The van der Waals surface area contributed by atoms with Gasteiger partial charge >= 0.3 is 5.97 Å². The molecule has 0 aliphatic rings. The summed E-state index contributed by atoms with van der Waals surface area (Å²) in [6.07, 6.45) is 3.86. The summed E-state index contributed by atoms with van der Waals surface area (Å²) in [4.78, 5) is 19.3. The molecule has 0 amide bonds. The number of carbonyl (C=O) groups is 1. The Hall–Kier alpha value is -2.43. The molecule has 5 nitrogen and oxygen atoms in total. The molecule has 0 saturated carbocycles. The van der Waals surface area contributed by atoms with Gasteiger partial charge in [-0.15, -0.1) is 0 Å². The topological polar surface area (TPSA) is 75.1 Å². The van der Waals surface area contributed by atoms with E-state index in [1.807, 2.05) is 25.1 Å². The van der Waals surface area contributed by atoms with Crippen LogP contribution in [0.5, 0.6) is 0 Å². The second-order valence-corrected chi connectivity index (χ2v) is 4.17. The number of aromatic nitrogens is 2. The molecular weight excluding hydrogens is 242 g/mol. The van der Waals surface area contributed by atoms with Crippen LogP contribution in [-0.4, -0.2) is 27.6 Å². The van der Waals surface area contributed by atoms with E-state index in [1.54, 1.807) is 12.3 Å². The molecule has 0 aliphatic heterocycles. The van der Waals surface area contributed by atoms with Gasteiger partial charge in [0.15, 0.2) is 0 Å². The van der Waals surface area contributed by atoms with Gasteiger partial charge in [-0.3, -0.25) is 9.97 Å². The molecule has 0 spiro atoms. The fraction of sp³-hybridized carbons (Fsp3) is 0.214. The van der Waals surface area contributed by atoms with Crippen LogP contribution in [0, 0.1) is 6.92 Å². The third-order valence-corrected chi connectivity index (χ3v) is 2.69. The van der Waals surface area contributed by atoms with Gasteiger partial charge in [0.2, 0.25) is 0 Å². The highest BCUT2D eigenvalue weighted by molar-refractivity contribution is 5.93. The normalized spacial score (nSPS) is 10.2. The van der Waals surface area contributed by atoms with Crippen LogP contribution in [0.2, 0.25) is 0 Å². The van der Waals surface area contributed by atoms with Gasteiger partial charge in [0, 0.05) is 36.7 Å². The fourth-order valence-corrected chi connectivity index (χ4v) is 1.75. The molecule has 0 atom stereocenters. The molecule has 2 heterocycles. The Bertz CT molecular complexity index is 570. The molecule has 19 heavy (non-hydrogen) atoms. The number of nitrogens with one attached hydrogen (secondary N) is 1. The molecule has 5 heteroatoms. The van der Waals surface area contributed by atoms with Crippen molar-refractivity contribution in [1.82, 2.24) is 9.97 Å². The first kappa shape index (κ1) is 13.0. The minimum Gasteiger partial charge on any atom is -0.478 e. The molecule has 2 N–H and O–H groups in total. The van der Waals surface area contributed by atoms with E-state index in [9.17, 15) is 4.79 Å². The van der Waals surface area contributed by atoms with Crippen molar-refractivity contribution in [1.29, 1.82) is 0 Å². The van der Waals surface area contributed by atoms with Crippen molar-refractivity contribution in [3.05, 3.63) is 53.6 Å². The minimum absolute atomic E-state index is 0.187. The number of aryl methyl sites for hydroxylation is 1. The van der Waals surface area contributed by atoms with Crippen molar-refractivity contribution in [3.63, 3.8) is 0 Å². The lowest BCUT2D eigenvalue weighted by Crippen LogP contribution is -2.11. The van der Waals surface area contributed by atoms with Crippen LogP contribution < -0.4 is 5.32 Å². The molecule has 0 aliphatic carbocycles. The lowest BCUT2D eigenvalue weighted by Gasteiger charge is -2.09. The summed E-state index contributed by atoms with van der Waals surface area (Å²) in [6, 6.07) is 7.48. The third kappa shape index (κ3) is 3.51. The van der Waals surface area contributed by atoms with Gasteiger partial charge in [0.25, 0.3) is 0 Å². The molecule has 2 aromatic heterocycles. The van der Waals surface area contributed by atoms with Crippen LogP contribution in [0.4, 0.5) is 5.69 Å². The van der Waals surface area contributed by atoms with Crippen molar-refractivity contribution in [2.45, 2.75) is 13.3 Å². The van der Waals surface area contributed by atoms with Crippen molar-refractivity contribution in [2.24, 2.45) is 0 Å². The predicted octanol–water partition coefficient (Wildman–Crippen LogP) is 2.14. The third-order valence-electron chi connectivity index (χ3n) is 2.69. The van der Waals surface area contributed by atoms with Crippen LogP contribution in [-0.2, 0) is 6.42 Å². The number of pyridine rings is 2. The van der Waals surface area contributed by atoms with Crippen LogP contribution in [0.25, 0.3) is 0 Å². The second-order valence-electron chi connectivity index (χ2n) is 4.17. The lowest BCUT2D eigenvalue weighted by molar-refractivity contribution is 0.0697. The van der Waals surface area contributed by atoms with Gasteiger partial charge in [-0.05, 0) is 25.1 Å². The monoisotopic (exact) mass is 257 g/mol. The summed E-state index contributed by atoms with van der Waals surface area (Å²) in [5.74, 6) is -0.979. The molecule has 0 aromatic carbocycles.